The first-order valence-electron chi connectivity index (χ1n) is 4.84. The van der Waals surface area contributed by atoms with E-state index in [9.17, 15) is 4.79 Å². The minimum atomic E-state index is -0.151. The zero-order chi connectivity index (χ0) is 10.8. The van der Waals surface area contributed by atoms with Gasteiger partial charge in [0.2, 0.25) is 0 Å². The topological polar surface area (TPSA) is 50.1 Å². The van der Waals surface area contributed by atoms with E-state index in [0.29, 0.717) is 5.56 Å². The molecule has 3 nitrogen and oxygen atoms in total. The van der Waals surface area contributed by atoms with Crippen LogP contribution < -0.4 is 0 Å². The number of carbonyl (C=O) groups excluding carboxylic acids is 1. The maximum Gasteiger partial charge on any atom is 0.309 e. The van der Waals surface area contributed by atoms with Gasteiger partial charge >= 0.3 is 5.97 Å². The van der Waals surface area contributed by atoms with Crippen LogP contribution in [-0.2, 0) is 9.53 Å². The molecule has 76 valence electrons. The maximum absolute atomic E-state index is 11.2. The van der Waals surface area contributed by atoms with Crippen LogP contribution in [0.2, 0.25) is 0 Å². The number of rotatable bonds is 2. The van der Waals surface area contributed by atoms with Gasteiger partial charge in [0.1, 0.15) is 0 Å². The van der Waals surface area contributed by atoms with Crippen molar-refractivity contribution in [3.63, 3.8) is 0 Å². The Morgan fingerprint density at radius 2 is 2.40 bits per heavy atom. The van der Waals surface area contributed by atoms with Gasteiger partial charge in [0, 0.05) is 0 Å². The molecule has 0 aromatic heterocycles. The van der Waals surface area contributed by atoms with Gasteiger partial charge < -0.3 is 4.74 Å². The third-order valence-electron chi connectivity index (χ3n) is 2.74. The standard InChI is InChI=1S/C12H11NO2/c1-15-12(14)11-6-10(11)9-4-2-3-8(5-9)7-13/h2-5,10-11H,6H2,1H3/t10-,11+/m1/s1. The molecule has 0 spiro atoms. The summed E-state index contributed by atoms with van der Waals surface area (Å²) in [6.07, 6.45) is 0.835. The Morgan fingerprint density at radius 3 is 3.07 bits per heavy atom. The van der Waals surface area contributed by atoms with E-state index in [2.05, 4.69) is 10.8 Å². The van der Waals surface area contributed by atoms with E-state index >= 15 is 0 Å². The molecule has 1 aromatic carbocycles. The molecule has 1 aliphatic rings. The van der Waals surface area contributed by atoms with Gasteiger partial charge in [-0.15, -0.1) is 0 Å². The highest BCUT2D eigenvalue weighted by Crippen LogP contribution is 2.48. The minimum Gasteiger partial charge on any atom is -0.469 e. The van der Waals surface area contributed by atoms with Crippen molar-refractivity contribution in [2.45, 2.75) is 12.3 Å². The molecule has 1 aromatic rings. The lowest BCUT2D eigenvalue weighted by Gasteiger charge is -1.99. The van der Waals surface area contributed by atoms with Crippen LogP contribution in [0.3, 0.4) is 0 Å². The molecule has 15 heavy (non-hydrogen) atoms. The lowest BCUT2D eigenvalue weighted by molar-refractivity contribution is -0.142. The molecule has 3 heteroatoms. The second-order valence-electron chi connectivity index (χ2n) is 3.71. The molecule has 1 aliphatic carbocycles. The molecular weight excluding hydrogens is 190 g/mol. The summed E-state index contributed by atoms with van der Waals surface area (Å²) < 4.78 is 4.68. The van der Waals surface area contributed by atoms with E-state index < -0.39 is 0 Å². The van der Waals surface area contributed by atoms with E-state index in [-0.39, 0.29) is 17.8 Å². The van der Waals surface area contributed by atoms with Crippen molar-refractivity contribution in [1.82, 2.24) is 0 Å². The summed E-state index contributed by atoms with van der Waals surface area (Å²) in [5.74, 6) is 0.0806. The van der Waals surface area contributed by atoms with Gasteiger partial charge in [-0.05, 0) is 30.0 Å². The Labute approximate surface area is 88.3 Å². The quantitative estimate of drug-likeness (QED) is 0.686. The van der Waals surface area contributed by atoms with E-state index in [1.165, 1.54) is 7.11 Å². The largest absolute Gasteiger partial charge is 0.469 e. The summed E-state index contributed by atoms with van der Waals surface area (Å²) in [6, 6.07) is 9.50. The molecule has 0 bridgehead atoms. The molecule has 0 amide bonds. The number of nitrogens with zero attached hydrogens (tertiary/aromatic N) is 1. The average Bonchev–Trinajstić information content (AvgIpc) is 3.08. The summed E-state index contributed by atoms with van der Waals surface area (Å²) in [6.45, 7) is 0. The van der Waals surface area contributed by atoms with Crippen LogP contribution in [0.1, 0.15) is 23.5 Å². The predicted octanol–water partition coefficient (Wildman–Crippen LogP) is 1.83. The lowest BCUT2D eigenvalue weighted by atomic mass is 10.1. The fraction of sp³-hybridized carbons (Fsp3) is 0.333. The van der Waals surface area contributed by atoms with Crippen LogP contribution in [0.4, 0.5) is 0 Å². The zero-order valence-corrected chi connectivity index (χ0v) is 8.43. The molecule has 2 rings (SSSR count). The second-order valence-corrected chi connectivity index (χ2v) is 3.71. The predicted molar refractivity (Wildman–Crippen MR) is 54.0 cm³/mol. The highest BCUT2D eigenvalue weighted by Gasteiger charge is 2.44. The van der Waals surface area contributed by atoms with Gasteiger partial charge in [0.25, 0.3) is 0 Å². The maximum atomic E-state index is 11.2. The van der Waals surface area contributed by atoms with E-state index in [1.807, 2.05) is 18.2 Å². The molecule has 0 aliphatic heterocycles. The number of benzene rings is 1. The van der Waals surface area contributed by atoms with Gasteiger partial charge in [-0.2, -0.15) is 5.26 Å². The minimum absolute atomic E-state index is 0.0102. The van der Waals surface area contributed by atoms with Crippen molar-refractivity contribution in [2.24, 2.45) is 5.92 Å². The monoisotopic (exact) mass is 201 g/mol. The Kier molecular flexibility index (Phi) is 2.42. The van der Waals surface area contributed by atoms with Crippen LogP contribution in [0.25, 0.3) is 0 Å². The van der Waals surface area contributed by atoms with Crippen LogP contribution in [0, 0.1) is 17.2 Å². The normalized spacial score (nSPS) is 22.9. The number of hydrogen-bond acceptors (Lipinski definition) is 3. The highest BCUT2D eigenvalue weighted by molar-refractivity contribution is 5.77. The fourth-order valence-electron chi connectivity index (χ4n) is 1.81. The van der Waals surface area contributed by atoms with Gasteiger partial charge in [-0.3, -0.25) is 4.79 Å². The third kappa shape index (κ3) is 1.84. The van der Waals surface area contributed by atoms with E-state index in [1.54, 1.807) is 6.07 Å². The van der Waals surface area contributed by atoms with Crippen molar-refractivity contribution >= 4 is 5.97 Å². The van der Waals surface area contributed by atoms with Gasteiger partial charge in [0.05, 0.1) is 24.7 Å². The number of esters is 1. The molecule has 2 atom stereocenters. The first-order chi connectivity index (χ1) is 7.26. The van der Waals surface area contributed by atoms with E-state index in [0.717, 1.165) is 12.0 Å². The Balaban J connectivity index is 2.13. The van der Waals surface area contributed by atoms with Crippen LogP contribution >= 0.6 is 0 Å². The van der Waals surface area contributed by atoms with Crippen LogP contribution in [-0.4, -0.2) is 13.1 Å². The summed E-state index contributed by atoms with van der Waals surface area (Å²) >= 11 is 0. The first kappa shape index (κ1) is 9.72. The molecule has 0 N–H and O–H groups in total. The number of ether oxygens (including phenoxy) is 1. The molecule has 0 saturated heterocycles. The first-order valence-corrected chi connectivity index (χ1v) is 4.84. The van der Waals surface area contributed by atoms with Crippen molar-refractivity contribution in [1.29, 1.82) is 5.26 Å². The highest BCUT2D eigenvalue weighted by atomic mass is 16.5. The van der Waals surface area contributed by atoms with Crippen molar-refractivity contribution in [3.8, 4) is 6.07 Å². The SMILES string of the molecule is COC(=O)[C@H]1C[C@@H]1c1cccc(C#N)c1. The van der Waals surface area contributed by atoms with Gasteiger partial charge in [-0.1, -0.05) is 12.1 Å². The average molecular weight is 201 g/mol. The van der Waals surface area contributed by atoms with Gasteiger partial charge in [0.15, 0.2) is 0 Å². The Bertz CT molecular complexity index is 433. The summed E-state index contributed by atoms with van der Waals surface area (Å²) in [4.78, 5) is 11.2. The van der Waals surface area contributed by atoms with Crippen molar-refractivity contribution in [2.75, 3.05) is 7.11 Å². The Hall–Kier alpha value is -1.82. The second kappa shape index (κ2) is 3.74. The number of hydrogen-bond donors (Lipinski definition) is 0. The lowest BCUT2D eigenvalue weighted by Crippen LogP contribution is -2.03. The molecular formula is C12H11NO2. The smallest absolute Gasteiger partial charge is 0.309 e. The molecule has 1 saturated carbocycles. The van der Waals surface area contributed by atoms with Crippen molar-refractivity contribution in [3.05, 3.63) is 35.4 Å². The number of carbonyl (C=O) groups is 1. The summed E-state index contributed by atoms with van der Waals surface area (Å²) in [5.41, 5.74) is 1.70. The molecule has 1 fully saturated rings. The fourth-order valence-corrected chi connectivity index (χ4v) is 1.81. The molecule has 0 unspecified atom stereocenters. The van der Waals surface area contributed by atoms with E-state index in [4.69, 9.17) is 5.26 Å². The van der Waals surface area contributed by atoms with Gasteiger partial charge in [-0.25, -0.2) is 0 Å². The molecule has 0 heterocycles. The van der Waals surface area contributed by atoms with Crippen molar-refractivity contribution < 1.29 is 9.53 Å². The molecule has 0 radical (unpaired) electrons. The summed E-state index contributed by atoms with van der Waals surface area (Å²) in [7, 11) is 1.41. The van der Waals surface area contributed by atoms with Crippen LogP contribution in [0.5, 0.6) is 0 Å². The summed E-state index contributed by atoms with van der Waals surface area (Å²) in [5, 5.41) is 8.74. The number of nitriles is 1. The number of methoxy groups -OCH3 is 1. The third-order valence-corrected chi connectivity index (χ3v) is 2.74. The Morgan fingerprint density at radius 1 is 1.60 bits per heavy atom. The zero-order valence-electron chi connectivity index (χ0n) is 8.43. The van der Waals surface area contributed by atoms with Crippen LogP contribution in [0.15, 0.2) is 24.3 Å².